The number of hydrogen-bond acceptors (Lipinski definition) is 3. The Kier molecular flexibility index (Phi) is 2.94. The fraction of sp³-hybridized carbons (Fsp3) is 0.158. The van der Waals surface area contributed by atoms with Crippen molar-refractivity contribution in [3.8, 4) is 16.9 Å². The Morgan fingerprint density at radius 3 is 2.52 bits per heavy atom. The van der Waals surface area contributed by atoms with Gasteiger partial charge in [0.1, 0.15) is 5.75 Å². The van der Waals surface area contributed by atoms with Crippen LogP contribution < -0.4 is 4.74 Å². The van der Waals surface area contributed by atoms with E-state index in [-0.39, 0.29) is 5.56 Å². The van der Waals surface area contributed by atoms with Crippen molar-refractivity contribution in [3.63, 3.8) is 0 Å². The van der Waals surface area contributed by atoms with Crippen LogP contribution in [0, 0.1) is 0 Å². The molecule has 4 rings (SSSR count). The maximum absolute atomic E-state index is 13.7. The Morgan fingerprint density at radius 1 is 1.00 bits per heavy atom. The van der Waals surface area contributed by atoms with Gasteiger partial charge >= 0.3 is 0 Å². The highest BCUT2D eigenvalue weighted by Gasteiger charge is 2.31. The molecule has 2 aromatic rings. The summed E-state index contributed by atoms with van der Waals surface area (Å²) < 4.78 is 19.0. The van der Waals surface area contributed by atoms with E-state index in [1.165, 1.54) is 0 Å². The number of fused-ring (bicyclic) bond motifs is 5. The van der Waals surface area contributed by atoms with Crippen molar-refractivity contribution in [1.29, 1.82) is 0 Å². The van der Waals surface area contributed by atoms with E-state index < -0.39 is 17.4 Å². The molecule has 4 heteroatoms. The van der Waals surface area contributed by atoms with Gasteiger partial charge in [0.15, 0.2) is 11.6 Å². The third-order valence-electron chi connectivity index (χ3n) is 4.53. The van der Waals surface area contributed by atoms with Crippen LogP contribution in [0.1, 0.15) is 31.8 Å². The third kappa shape index (κ3) is 1.95. The number of Topliss-reactive ketones (excluding diaryl/α,β-unsaturated/α-hetero) is 1. The molecule has 0 amide bonds. The molecule has 0 spiro atoms. The van der Waals surface area contributed by atoms with E-state index in [1.54, 1.807) is 13.2 Å². The Bertz CT molecular complexity index is 909. The van der Waals surface area contributed by atoms with Gasteiger partial charge in [0.2, 0.25) is 5.78 Å². The summed E-state index contributed by atoms with van der Waals surface area (Å²) in [4.78, 5) is 24.2. The standard InChI is InChI=1S/C19H13FO3/c1-23-11-3-5-12-10(8-11)2-4-14-13(12)6-7-15-17(21)9-16(20)19(22)18(14)15/h3,5-9H,2,4H2,1H3. The summed E-state index contributed by atoms with van der Waals surface area (Å²) in [5.74, 6) is -1.32. The maximum atomic E-state index is 13.7. The lowest BCUT2D eigenvalue weighted by molar-refractivity contribution is 0.0962. The number of methoxy groups -OCH3 is 1. The number of halogens is 1. The predicted octanol–water partition coefficient (Wildman–Crippen LogP) is 3.69. The first-order chi connectivity index (χ1) is 11.1. The van der Waals surface area contributed by atoms with Crippen LogP contribution in [-0.4, -0.2) is 18.7 Å². The van der Waals surface area contributed by atoms with Crippen LogP contribution in [0.25, 0.3) is 11.1 Å². The van der Waals surface area contributed by atoms with E-state index in [2.05, 4.69) is 0 Å². The molecule has 0 radical (unpaired) electrons. The van der Waals surface area contributed by atoms with Crippen molar-refractivity contribution < 1.29 is 18.7 Å². The molecule has 0 N–H and O–H groups in total. The molecule has 0 heterocycles. The van der Waals surface area contributed by atoms with E-state index in [4.69, 9.17) is 4.74 Å². The Balaban J connectivity index is 1.96. The van der Waals surface area contributed by atoms with Crippen LogP contribution in [-0.2, 0) is 12.8 Å². The second-order valence-electron chi connectivity index (χ2n) is 5.72. The van der Waals surface area contributed by atoms with Gasteiger partial charge in [-0.1, -0.05) is 12.1 Å². The zero-order chi connectivity index (χ0) is 16.1. The average molecular weight is 308 g/mol. The van der Waals surface area contributed by atoms with Gasteiger partial charge in [0, 0.05) is 17.2 Å². The number of allylic oxidation sites excluding steroid dienone is 2. The van der Waals surface area contributed by atoms with Gasteiger partial charge in [-0.2, -0.15) is 0 Å². The summed E-state index contributed by atoms with van der Waals surface area (Å²) in [6.07, 6.45) is 2.10. The fourth-order valence-corrected chi connectivity index (χ4v) is 3.43. The van der Waals surface area contributed by atoms with Gasteiger partial charge in [-0.05, 0) is 53.3 Å². The summed E-state index contributed by atoms with van der Waals surface area (Å²) in [6, 6.07) is 9.25. The zero-order valence-electron chi connectivity index (χ0n) is 12.5. The number of rotatable bonds is 1. The van der Waals surface area contributed by atoms with Gasteiger partial charge in [0.25, 0.3) is 0 Å². The molecule has 3 nitrogen and oxygen atoms in total. The van der Waals surface area contributed by atoms with Crippen molar-refractivity contribution in [2.45, 2.75) is 12.8 Å². The molecule has 0 unspecified atom stereocenters. The minimum atomic E-state index is -0.976. The van der Waals surface area contributed by atoms with Gasteiger partial charge in [0.05, 0.1) is 7.11 Å². The van der Waals surface area contributed by atoms with Gasteiger partial charge in [-0.15, -0.1) is 0 Å². The smallest absolute Gasteiger partial charge is 0.222 e. The number of ether oxygens (including phenoxy) is 1. The second kappa shape index (κ2) is 4.88. The highest BCUT2D eigenvalue weighted by atomic mass is 19.1. The second-order valence-corrected chi connectivity index (χ2v) is 5.72. The maximum Gasteiger partial charge on any atom is 0.222 e. The third-order valence-corrected chi connectivity index (χ3v) is 4.53. The molecule has 0 saturated heterocycles. The molecule has 23 heavy (non-hydrogen) atoms. The van der Waals surface area contributed by atoms with Crippen LogP contribution in [0.2, 0.25) is 0 Å². The molecule has 0 fully saturated rings. The Hall–Kier alpha value is -2.75. The molecule has 2 aliphatic rings. The Labute approximate surface area is 132 Å². The highest BCUT2D eigenvalue weighted by Crippen LogP contribution is 2.39. The summed E-state index contributed by atoms with van der Waals surface area (Å²) in [6.45, 7) is 0. The topological polar surface area (TPSA) is 43.4 Å². The lowest BCUT2D eigenvalue weighted by Crippen LogP contribution is -2.20. The minimum Gasteiger partial charge on any atom is -0.497 e. The van der Waals surface area contributed by atoms with Crippen molar-refractivity contribution in [1.82, 2.24) is 0 Å². The number of carbonyl (C=O) groups is 2. The molecule has 0 bridgehead atoms. The van der Waals surface area contributed by atoms with Crippen molar-refractivity contribution in [2.75, 3.05) is 7.11 Å². The van der Waals surface area contributed by atoms with E-state index >= 15 is 0 Å². The first-order valence-electron chi connectivity index (χ1n) is 7.39. The summed E-state index contributed by atoms with van der Waals surface area (Å²) in [5, 5.41) is 0. The highest BCUT2D eigenvalue weighted by molar-refractivity contribution is 6.24. The van der Waals surface area contributed by atoms with E-state index in [1.807, 2.05) is 24.3 Å². The fourth-order valence-electron chi connectivity index (χ4n) is 3.43. The first kappa shape index (κ1) is 13.9. The lowest BCUT2D eigenvalue weighted by atomic mass is 9.78. The number of benzene rings is 2. The van der Waals surface area contributed by atoms with Crippen LogP contribution in [0.15, 0.2) is 42.2 Å². The predicted molar refractivity (Wildman–Crippen MR) is 83.7 cm³/mol. The van der Waals surface area contributed by atoms with E-state index in [0.29, 0.717) is 12.0 Å². The molecule has 0 aliphatic heterocycles. The average Bonchev–Trinajstić information content (AvgIpc) is 2.58. The van der Waals surface area contributed by atoms with Gasteiger partial charge < -0.3 is 4.74 Å². The Morgan fingerprint density at radius 2 is 1.74 bits per heavy atom. The van der Waals surface area contributed by atoms with Crippen molar-refractivity contribution >= 4 is 11.6 Å². The zero-order valence-corrected chi connectivity index (χ0v) is 12.5. The SMILES string of the molecule is COc1ccc2c(c1)CCc1c-2ccc2c1C(=O)C(F)=CC2=O. The quantitative estimate of drug-likeness (QED) is 0.807. The van der Waals surface area contributed by atoms with E-state index in [0.717, 1.165) is 40.5 Å². The summed E-state index contributed by atoms with van der Waals surface area (Å²) in [5.41, 5.74) is 4.32. The molecule has 0 atom stereocenters. The number of hydrogen-bond donors (Lipinski definition) is 0. The monoisotopic (exact) mass is 308 g/mol. The van der Waals surface area contributed by atoms with Crippen molar-refractivity contribution in [3.05, 3.63) is 64.5 Å². The van der Waals surface area contributed by atoms with Crippen LogP contribution >= 0.6 is 0 Å². The van der Waals surface area contributed by atoms with Crippen LogP contribution in [0.4, 0.5) is 4.39 Å². The van der Waals surface area contributed by atoms with Gasteiger partial charge in [-0.3, -0.25) is 9.59 Å². The molecular weight excluding hydrogens is 295 g/mol. The number of aryl methyl sites for hydroxylation is 1. The normalized spacial score (nSPS) is 15.5. The molecule has 2 aromatic carbocycles. The lowest BCUT2D eigenvalue weighted by Gasteiger charge is -2.25. The molecular formula is C19H13FO3. The van der Waals surface area contributed by atoms with Crippen LogP contribution in [0.3, 0.4) is 0 Å². The number of ketones is 2. The molecule has 2 aliphatic carbocycles. The van der Waals surface area contributed by atoms with E-state index in [9.17, 15) is 14.0 Å². The summed E-state index contributed by atoms with van der Waals surface area (Å²) >= 11 is 0. The largest absolute Gasteiger partial charge is 0.497 e. The molecule has 114 valence electrons. The first-order valence-corrected chi connectivity index (χ1v) is 7.39. The number of carbonyl (C=O) groups excluding carboxylic acids is 2. The van der Waals surface area contributed by atoms with Crippen LogP contribution in [0.5, 0.6) is 5.75 Å². The minimum absolute atomic E-state index is 0.231. The van der Waals surface area contributed by atoms with Crippen molar-refractivity contribution in [2.24, 2.45) is 0 Å². The summed E-state index contributed by atoms with van der Waals surface area (Å²) in [7, 11) is 1.62. The van der Waals surface area contributed by atoms with Gasteiger partial charge in [-0.25, -0.2) is 4.39 Å². The molecule has 0 aromatic heterocycles. The molecule has 0 saturated carbocycles.